The molecule has 3 rings (SSSR count). The van der Waals surface area contributed by atoms with E-state index in [4.69, 9.17) is 9.15 Å². The highest BCUT2D eigenvalue weighted by molar-refractivity contribution is 5.90. The van der Waals surface area contributed by atoms with Gasteiger partial charge in [0.1, 0.15) is 0 Å². The molecular formula is C17H14N2O3. The fourth-order valence-electron chi connectivity index (χ4n) is 2.03. The van der Waals surface area contributed by atoms with Crippen LogP contribution in [0.25, 0.3) is 11.3 Å². The number of benzene rings is 2. The number of hydrogen-bond donors (Lipinski definition) is 1. The van der Waals surface area contributed by atoms with E-state index in [1.54, 1.807) is 24.4 Å². The van der Waals surface area contributed by atoms with E-state index in [2.05, 4.69) is 10.3 Å². The summed E-state index contributed by atoms with van der Waals surface area (Å²) in [4.78, 5) is 15.8. The number of esters is 1. The number of carbonyl (C=O) groups is 1. The quantitative estimate of drug-likeness (QED) is 0.740. The molecule has 0 spiro atoms. The fourth-order valence-corrected chi connectivity index (χ4v) is 2.03. The lowest BCUT2D eigenvalue weighted by Gasteiger charge is -2.02. The topological polar surface area (TPSA) is 64.4 Å². The SMILES string of the molecule is COC(=O)c1cccc(-c2cnc(Nc3ccccc3)o2)c1. The van der Waals surface area contributed by atoms with Crippen LogP contribution < -0.4 is 5.32 Å². The monoisotopic (exact) mass is 294 g/mol. The van der Waals surface area contributed by atoms with Crippen molar-refractivity contribution in [3.63, 3.8) is 0 Å². The highest BCUT2D eigenvalue weighted by Crippen LogP contribution is 2.25. The van der Waals surface area contributed by atoms with E-state index < -0.39 is 0 Å². The number of oxazole rings is 1. The first kappa shape index (κ1) is 13.9. The van der Waals surface area contributed by atoms with Crippen molar-refractivity contribution in [3.05, 3.63) is 66.4 Å². The van der Waals surface area contributed by atoms with Crippen molar-refractivity contribution >= 4 is 17.7 Å². The number of ether oxygens (including phenoxy) is 1. The van der Waals surface area contributed by atoms with E-state index >= 15 is 0 Å². The summed E-state index contributed by atoms with van der Waals surface area (Å²) >= 11 is 0. The van der Waals surface area contributed by atoms with Crippen molar-refractivity contribution in [3.8, 4) is 11.3 Å². The van der Waals surface area contributed by atoms with Gasteiger partial charge >= 0.3 is 5.97 Å². The first-order chi connectivity index (χ1) is 10.8. The summed E-state index contributed by atoms with van der Waals surface area (Å²) in [7, 11) is 1.35. The number of nitrogens with one attached hydrogen (secondary N) is 1. The molecule has 110 valence electrons. The Morgan fingerprint density at radius 2 is 1.95 bits per heavy atom. The highest BCUT2D eigenvalue weighted by atomic mass is 16.5. The van der Waals surface area contributed by atoms with Crippen LogP contribution in [0.4, 0.5) is 11.7 Å². The first-order valence-electron chi connectivity index (χ1n) is 6.73. The van der Waals surface area contributed by atoms with Gasteiger partial charge in [-0.1, -0.05) is 30.3 Å². The van der Waals surface area contributed by atoms with Gasteiger partial charge in [0.15, 0.2) is 5.76 Å². The first-order valence-corrected chi connectivity index (χ1v) is 6.73. The van der Waals surface area contributed by atoms with E-state index in [0.717, 1.165) is 11.3 Å². The predicted molar refractivity (Wildman–Crippen MR) is 83.0 cm³/mol. The third kappa shape index (κ3) is 2.98. The molecule has 0 aliphatic carbocycles. The number of nitrogens with zero attached hydrogens (tertiary/aromatic N) is 1. The molecular weight excluding hydrogens is 280 g/mol. The Bertz CT molecular complexity index is 781. The largest absolute Gasteiger partial charge is 0.465 e. The summed E-state index contributed by atoms with van der Waals surface area (Å²) in [5, 5.41) is 3.07. The average molecular weight is 294 g/mol. The molecule has 1 N–H and O–H groups in total. The molecule has 0 saturated carbocycles. The van der Waals surface area contributed by atoms with Crippen LogP contribution in [0.5, 0.6) is 0 Å². The number of carbonyl (C=O) groups excluding carboxylic acids is 1. The molecule has 5 nitrogen and oxygen atoms in total. The van der Waals surface area contributed by atoms with Crippen molar-refractivity contribution in [2.75, 3.05) is 12.4 Å². The van der Waals surface area contributed by atoms with Gasteiger partial charge in [0.25, 0.3) is 6.01 Å². The smallest absolute Gasteiger partial charge is 0.337 e. The van der Waals surface area contributed by atoms with E-state index in [1.165, 1.54) is 7.11 Å². The van der Waals surface area contributed by atoms with E-state index in [1.807, 2.05) is 36.4 Å². The molecule has 0 radical (unpaired) electrons. The van der Waals surface area contributed by atoms with Gasteiger partial charge in [0.2, 0.25) is 0 Å². The van der Waals surface area contributed by atoms with Crippen LogP contribution in [0.2, 0.25) is 0 Å². The highest BCUT2D eigenvalue weighted by Gasteiger charge is 2.10. The number of aromatic nitrogens is 1. The molecule has 0 atom stereocenters. The Balaban J connectivity index is 1.83. The summed E-state index contributed by atoms with van der Waals surface area (Å²) in [5.74, 6) is 0.188. The molecule has 0 saturated heterocycles. The normalized spacial score (nSPS) is 10.2. The minimum Gasteiger partial charge on any atom is -0.465 e. The molecule has 0 unspecified atom stereocenters. The van der Waals surface area contributed by atoms with Crippen LogP contribution in [0.3, 0.4) is 0 Å². The number of anilines is 2. The summed E-state index contributed by atoms with van der Waals surface area (Å²) in [6.07, 6.45) is 1.61. The zero-order valence-electron chi connectivity index (χ0n) is 11.9. The standard InChI is InChI=1S/C17H14N2O3/c1-21-16(20)13-7-5-6-12(10-13)15-11-18-17(22-15)19-14-8-3-2-4-9-14/h2-11H,1H3,(H,18,19). The van der Waals surface area contributed by atoms with Gasteiger partial charge in [0, 0.05) is 11.3 Å². The Morgan fingerprint density at radius 1 is 1.14 bits per heavy atom. The van der Waals surface area contributed by atoms with Crippen LogP contribution in [-0.2, 0) is 4.74 Å². The van der Waals surface area contributed by atoms with Crippen molar-refractivity contribution in [2.24, 2.45) is 0 Å². The van der Waals surface area contributed by atoms with Crippen LogP contribution in [0, 0.1) is 0 Å². The Kier molecular flexibility index (Phi) is 3.87. The van der Waals surface area contributed by atoms with Crippen LogP contribution in [0.1, 0.15) is 10.4 Å². The number of methoxy groups -OCH3 is 1. The molecule has 0 aliphatic rings. The number of rotatable bonds is 4. The molecule has 2 aromatic carbocycles. The van der Waals surface area contributed by atoms with Crippen LogP contribution in [0.15, 0.2) is 65.2 Å². The Hall–Kier alpha value is -3.08. The number of hydrogen-bond acceptors (Lipinski definition) is 5. The molecule has 22 heavy (non-hydrogen) atoms. The van der Waals surface area contributed by atoms with E-state index in [9.17, 15) is 4.79 Å². The molecule has 0 amide bonds. The lowest BCUT2D eigenvalue weighted by Crippen LogP contribution is -2.00. The zero-order valence-corrected chi connectivity index (χ0v) is 11.9. The van der Waals surface area contributed by atoms with Crippen molar-refractivity contribution in [1.29, 1.82) is 0 Å². The van der Waals surface area contributed by atoms with Crippen molar-refractivity contribution in [1.82, 2.24) is 4.98 Å². The van der Waals surface area contributed by atoms with Crippen LogP contribution >= 0.6 is 0 Å². The van der Waals surface area contributed by atoms with Crippen molar-refractivity contribution in [2.45, 2.75) is 0 Å². The second kappa shape index (κ2) is 6.13. The van der Waals surface area contributed by atoms with E-state index in [0.29, 0.717) is 17.3 Å². The lowest BCUT2D eigenvalue weighted by atomic mass is 10.1. The molecule has 1 aromatic heterocycles. The Morgan fingerprint density at radius 3 is 2.73 bits per heavy atom. The zero-order chi connectivity index (χ0) is 15.4. The minimum absolute atomic E-state index is 0.385. The molecule has 0 fully saturated rings. The van der Waals surface area contributed by atoms with Gasteiger partial charge in [-0.15, -0.1) is 0 Å². The van der Waals surface area contributed by atoms with Gasteiger partial charge in [-0.3, -0.25) is 0 Å². The summed E-state index contributed by atoms with van der Waals surface area (Å²) in [6, 6.07) is 17.0. The maximum Gasteiger partial charge on any atom is 0.337 e. The maximum absolute atomic E-state index is 11.6. The van der Waals surface area contributed by atoms with Gasteiger partial charge in [0.05, 0.1) is 18.9 Å². The summed E-state index contributed by atoms with van der Waals surface area (Å²) in [5.41, 5.74) is 2.12. The third-order valence-corrected chi connectivity index (χ3v) is 3.10. The summed E-state index contributed by atoms with van der Waals surface area (Å²) in [6.45, 7) is 0. The molecule has 0 bridgehead atoms. The average Bonchev–Trinajstić information content (AvgIpc) is 3.04. The molecule has 3 aromatic rings. The molecule has 1 heterocycles. The summed E-state index contributed by atoms with van der Waals surface area (Å²) < 4.78 is 10.4. The molecule has 5 heteroatoms. The fraction of sp³-hybridized carbons (Fsp3) is 0.0588. The second-order valence-corrected chi connectivity index (χ2v) is 4.59. The number of para-hydroxylation sites is 1. The predicted octanol–water partition coefficient (Wildman–Crippen LogP) is 3.87. The Labute approximate surface area is 127 Å². The maximum atomic E-state index is 11.6. The van der Waals surface area contributed by atoms with Crippen molar-refractivity contribution < 1.29 is 13.9 Å². The minimum atomic E-state index is -0.385. The van der Waals surface area contributed by atoms with Gasteiger partial charge in [-0.2, -0.15) is 0 Å². The van der Waals surface area contributed by atoms with E-state index in [-0.39, 0.29) is 5.97 Å². The molecule has 0 aliphatic heterocycles. The van der Waals surface area contributed by atoms with Gasteiger partial charge in [-0.05, 0) is 24.3 Å². The second-order valence-electron chi connectivity index (χ2n) is 4.59. The lowest BCUT2D eigenvalue weighted by molar-refractivity contribution is 0.0601. The van der Waals surface area contributed by atoms with Gasteiger partial charge in [-0.25, -0.2) is 9.78 Å². The van der Waals surface area contributed by atoms with Gasteiger partial charge < -0.3 is 14.5 Å². The van der Waals surface area contributed by atoms with Crippen LogP contribution in [-0.4, -0.2) is 18.1 Å². The third-order valence-electron chi connectivity index (χ3n) is 3.10.